The molecule has 1 aromatic heterocycles. The Morgan fingerprint density at radius 2 is 1.90 bits per heavy atom. The molecule has 0 atom stereocenters. The number of nitriles is 1. The maximum atomic E-state index is 12.5. The van der Waals surface area contributed by atoms with Gasteiger partial charge in [-0.25, -0.2) is 4.98 Å². The average molecular weight is 492 g/mol. The van der Waals surface area contributed by atoms with Crippen molar-refractivity contribution in [1.29, 1.82) is 5.26 Å². The first-order chi connectivity index (χ1) is 14.8. The van der Waals surface area contributed by atoms with Gasteiger partial charge in [-0.2, -0.15) is 5.26 Å². The smallest absolute Gasteiger partial charge is 0.266 e. The molecule has 0 saturated carbocycles. The molecule has 0 fully saturated rings. The molecule has 10 heteroatoms. The topological polar surface area (TPSA) is 86.1 Å². The maximum absolute atomic E-state index is 12.5. The normalized spacial score (nSPS) is 11.0. The van der Waals surface area contributed by atoms with Gasteiger partial charge in [-0.1, -0.05) is 40.9 Å². The molecule has 1 heterocycles. The van der Waals surface area contributed by atoms with E-state index in [-0.39, 0.29) is 22.2 Å². The van der Waals surface area contributed by atoms with Crippen LogP contribution in [0.25, 0.3) is 6.08 Å². The standard InChI is InChI=1S/C21H13Cl3N4O2S/c1-12(29)28(17-4-2-3-14(22)8-17)21-26-16(11-31-21)7-13(10-25)20(30)27-19-9-15(23)5-6-18(19)24/h2-9,11H,1H3,(H,27,30)/b13-7+. The first kappa shape index (κ1) is 22.8. The lowest BCUT2D eigenvalue weighted by Crippen LogP contribution is -2.22. The molecule has 156 valence electrons. The van der Waals surface area contributed by atoms with E-state index in [1.54, 1.807) is 35.7 Å². The molecule has 3 aromatic rings. The molecule has 0 bridgehead atoms. The van der Waals surface area contributed by atoms with Crippen molar-refractivity contribution in [2.75, 3.05) is 10.2 Å². The van der Waals surface area contributed by atoms with Crippen LogP contribution in [0.5, 0.6) is 0 Å². The highest BCUT2D eigenvalue weighted by Gasteiger charge is 2.19. The Labute approximate surface area is 197 Å². The number of aromatic nitrogens is 1. The molecule has 3 rings (SSSR count). The molecule has 6 nitrogen and oxygen atoms in total. The van der Waals surface area contributed by atoms with E-state index in [4.69, 9.17) is 34.8 Å². The summed E-state index contributed by atoms with van der Waals surface area (Å²) in [5, 5.41) is 15.1. The number of carbonyl (C=O) groups excluding carboxylic acids is 2. The Morgan fingerprint density at radius 3 is 2.58 bits per heavy atom. The van der Waals surface area contributed by atoms with Crippen LogP contribution in [0, 0.1) is 11.3 Å². The van der Waals surface area contributed by atoms with Crippen LogP contribution in [-0.2, 0) is 9.59 Å². The van der Waals surface area contributed by atoms with Gasteiger partial charge in [-0.15, -0.1) is 11.3 Å². The highest BCUT2D eigenvalue weighted by Crippen LogP contribution is 2.31. The van der Waals surface area contributed by atoms with Crippen molar-refractivity contribution < 1.29 is 9.59 Å². The van der Waals surface area contributed by atoms with Gasteiger partial charge in [0.25, 0.3) is 5.91 Å². The van der Waals surface area contributed by atoms with Crippen LogP contribution >= 0.6 is 46.1 Å². The molecule has 1 N–H and O–H groups in total. The van der Waals surface area contributed by atoms with Crippen molar-refractivity contribution in [3.8, 4) is 6.07 Å². The van der Waals surface area contributed by atoms with Crippen LogP contribution in [0.2, 0.25) is 15.1 Å². The second-order valence-corrected chi connectivity index (χ2v) is 8.25. The van der Waals surface area contributed by atoms with Gasteiger partial charge in [-0.05, 0) is 42.5 Å². The zero-order valence-corrected chi connectivity index (χ0v) is 19.0. The fraction of sp³-hybridized carbons (Fsp3) is 0.0476. The molecular weight excluding hydrogens is 479 g/mol. The third-order valence-corrected chi connectivity index (χ3v) is 5.56. The quantitative estimate of drug-likeness (QED) is 0.333. The van der Waals surface area contributed by atoms with Crippen LogP contribution in [0.4, 0.5) is 16.5 Å². The molecule has 0 aliphatic heterocycles. The van der Waals surface area contributed by atoms with Crippen molar-refractivity contribution in [2.24, 2.45) is 0 Å². The zero-order valence-electron chi connectivity index (χ0n) is 15.9. The predicted octanol–water partition coefficient (Wildman–Crippen LogP) is 6.33. The van der Waals surface area contributed by atoms with Gasteiger partial charge in [0.1, 0.15) is 11.6 Å². The number of rotatable bonds is 5. The van der Waals surface area contributed by atoms with E-state index in [1.165, 1.54) is 41.4 Å². The van der Waals surface area contributed by atoms with Crippen LogP contribution in [0.3, 0.4) is 0 Å². The van der Waals surface area contributed by atoms with Crippen LogP contribution in [-0.4, -0.2) is 16.8 Å². The molecule has 0 radical (unpaired) electrons. The summed E-state index contributed by atoms with van der Waals surface area (Å²) in [6.07, 6.45) is 1.32. The summed E-state index contributed by atoms with van der Waals surface area (Å²) >= 11 is 19.2. The first-order valence-corrected chi connectivity index (χ1v) is 10.7. The summed E-state index contributed by atoms with van der Waals surface area (Å²) in [4.78, 5) is 30.5. The van der Waals surface area contributed by atoms with E-state index in [9.17, 15) is 14.9 Å². The van der Waals surface area contributed by atoms with E-state index in [2.05, 4.69) is 10.3 Å². The molecule has 2 aromatic carbocycles. The van der Waals surface area contributed by atoms with Crippen molar-refractivity contribution in [2.45, 2.75) is 6.92 Å². The number of hydrogen-bond donors (Lipinski definition) is 1. The Hall–Kier alpha value is -2.89. The Kier molecular flexibility index (Phi) is 7.31. The summed E-state index contributed by atoms with van der Waals surface area (Å²) in [5.41, 5.74) is 0.990. The molecule has 0 spiro atoms. The molecular formula is C21H13Cl3N4O2S. The lowest BCUT2D eigenvalue weighted by Gasteiger charge is -2.18. The maximum Gasteiger partial charge on any atom is 0.266 e. The largest absolute Gasteiger partial charge is 0.320 e. The van der Waals surface area contributed by atoms with Crippen LogP contribution in [0.1, 0.15) is 12.6 Å². The van der Waals surface area contributed by atoms with Crippen LogP contribution < -0.4 is 10.2 Å². The van der Waals surface area contributed by atoms with Gasteiger partial charge in [-0.3, -0.25) is 14.5 Å². The van der Waals surface area contributed by atoms with E-state index in [0.717, 1.165) is 0 Å². The number of hydrogen-bond acceptors (Lipinski definition) is 5. The molecule has 31 heavy (non-hydrogen) atoms. The number of anilines is 3. The number of thiazole rings is 1. The second-order valence-electron chi connectivity index (χ2n) is 6.14. The van der Waals surface area contributed by atoms with Gasteiger partial charge in [0.2, 0.25) is 5.91 Å². The fourth-order valence-electron chi connectivity index (χ4n) is 2.57. The number of carbonyl (C=O) groups is 2. The summed E-state index contributed by atoms with van der Waals surface area (Å²) < 4.78 is 0. The predicted molar refractivity (Wildman–Crippen MR) is 125 cm³/mol. The van der Waals surface area contributed by atoms with Gasteiger partial charge >= 0.3 is 0 Å². The van der Waals surface area contributed by atoms with Gasteiger partial charge < -0.3 is 5.32 Å². The molecule has 2 amide bonds. The van der Waals surface area contributed by atoms with E-state index < -0.39 is 5.91 Å². The Morgan fingerprint density at radius 1 is 1.16 bits per heavy atom. The van der Waals surface area contributed by atoms with Crippen molar-refractivity contribution in [3.05, 3.63) is 74.2 Å². The molecule has 0 aliphatic rings. The highest BCUT2D eigenvalue weighted by atomic mass is 35.5. The number of amides is 2. The summed E-state index contributed by atoms with van der Waals surface area (Å²) in [6, 6.07) is 13.2. The SMILES string of the molecule is CC(=O)N(c1cccc(Cl)c1)c1nc(/C=C(\C#N)C(=O)Nc2cc(Cl)ccc2Cl)cs1. The summed E-state index contributed by atoms with van der Waals surface area (Å²) in [7, 11) is 0. The van der Waals surface area contributed by atoms with Crippen molar-refractivity contribution in [3.63, 3.8) is 0 Å². The van der Waals surface area contributed by atoms with E-state index >= 15 is 0 Å². The minimum atomic E-state index is -0.667. The van der Waals surface area contributed by atoms with Gasteiger partial charge in [0.15, 0.2) is 5.13 Å². The van der Waals surface area contributed by atoms with Crippen molar-refractivity contribution >= 4 is 80.5 Å². The number of benzene rings is 2. The molecule has 0 saturated heterocycles. The second kappa shape index (κ2) is 9.94. The van der Waals surface area contributed by atoms with Crippen LogP contribution in [0.15, 0.2) is 53.4 Å². The lowest BCUT2D eigenvalue weighted by atomic mass is 10.2. The van der Waals surface area contributed by atoms with E-state index in [1.807, 2.05) is 6.07 Å². The summed E-state index contributed by atoms with van der Waals surface area (Å²) in [6.45, 7) is 1.40. The lowest BCUT2D eigenvalue weighted by molar-refractivity contribution is -0.116. The minimum absolute atomic E-state index is 0.190. The summed E-state index contributed by atoms with van der Waals surface area (Å²) in [5.74, 6) is -0.930. The van der Waals surface area contributed by atoms with Crippen molar-refractivity contribution in [1.82, 2.24) is 4.98 Å². The fourth-order valence-corrected chi connectivity index (χ4v) is 3.93. The Balaban J connectivity index is 1.87. The molecule has 0 aliphatic carbocycles. The zero-order chi connectivity index (χ0) is 22.5. The number of nitrogens with one attached hydrogen (secondary N) is 1. The average Bonchev–Trinajstić information content (AvgIpc) is 3.16. The number of halogens is 3. The minimum Gasteiger partial charge on any atom is -0.320 e. The first-order valence-electron chi connectivity index (χ1n) is 8.68. The molecule has 0 unspecified atom stereocenters. The van der Waals surface area contributed by atoms with E-state index in [0.29, 0.717) is 26.6 Å². The number of nitrogens with zero attached hydrogens (tertiary/aromatic N) is 3. The third-order valence-electron chi connectivity index (χ3n) is 3.92. The van der Waals surface area contributed by atoms with Gasteiger partial charge in [0.05, 0.1) is 22.1 Å². The van der Waals surface area contributed by atoms with Gasteiger partial charge in [0, 0.05) is 22.3 Å². The monoisotopic (exact) mass is 490 g/mol. The third kappa shape index (κ3) is 5.63. The Bertz CT molecular complexity index is 1230. The highest BCUT2D eigenvalue weighted by molar-refractivity contribution is 7.14.